The van der Waals surface area contributed by atoms with Gasteiger partial charge in [-0.3, -0.25) is 0 Å². The average Bonchev–Trinajstić information content (AvgIpc) is 3.43. The third kappa shape index (κ3) is 6.65. The number of cyclic esters (lactones) is 1. The fourth-order valence-electron chi connectivity index (χ4n) is 3.67. The van der Waals surface area contributed by atoms with Crippen molar-refractivity contribution in [3.05, 3.63) is 62.6 Å². The minimum absolute atomic E-state index is 0.0582. The first kappa shape index (κ1) is 23.0. The second kappa shape index (κ2) is 11.1. The number of nitrogens with zero attached hydrogens (tertiary/aromatic N) is 1. The van der Waals surface area contributed by atoms with Crippen molar-refractivity contribution in [1.82, 2.24) is 10.6 Å². The van der Waals surface area contributed by atoms with Gasteiger partial charge in [0.15, 0.2) is 6.61 Å². The molecule has 8 heteroatoms. The molecule has 6 nitrogen and oxygen atoms in total. The molecule has 2 heterocycles. The van der Waals surface area contributed by atoms with Crippen molar-refractivity contribution < 1.29 is 14.3 Å². The van der Waals surface area contributed by atoms with Gasteiger partial charge in [0, 0.05) is 16.0 Å². The Morgan fingerprint density at radius 3 is 2.94 bits per heavy atom. The number of hydrogen-bond acceptors (Lipinski definition) is 6. The first-order valence-electron chi connectivity index (χ1n) is 10.6. The summed E-state index contributed by atoms with van der Waals surface area (Å²) >= 11 is 9.60. The number of benzene rings is 2. The Morgan fingerprint density at radius 2 is 2.19 bits per heavy atom. The van der Waals surface area contributed by atoms with Crippen LogP contribution < -0.4 is 15.4 Å². The van der Waals surface area contributed by atoms with Crippen molar-refractivity contribution >= 4 is 51.5 Å². The highest BCUT2D eigenvalue weighted by molar-refractivity contribution is 9.10. The van der Waals surface area contributed by atoms with Crippen molar-refractivity contribution in [1.29, 1.82) is 0 Å². The van der Waals surface area contributed by atoms with Crippen LogP contribution >= 0.6 is 27.5 Å². The highest BCUT2D eigenvalue weighted by Gasteiger charge is 2.17. The standard InChI is InChI=1S/C24H25BrClN3O3/c25-22-10-20(26)4-3-19(22)2-1-16-7-18(13-28-12-17-5-6-27-11-17)9-21(8-16)31-15-23-29-14-24(30)32-23/h1-4,7-10,17,27-28H,5-6,11-15H2/b2-1+. The van der Waals surface area contributed by atoms with Crippen LogP contribution in [0.2, 0.25) is 5.02 Å². The van der Waals surface area contributed by atoms with E-state index in [1.54, 1.807) is 0 Å². The molecule has 0 bridgehead atoms. The topological polar surface area (TPSA) is 72.0 Å². The molecule has 168 valence electrons. The Labute approximate surface area is 201 Å². The number of hydrogen-bond donors (Lipinski definition) is 2. The lowest BCUT2D eigenvalue weighted by molar-refractivity contribution is -0.132. The fraction of sp³-hybridized carbons (Fsp3) is 0.333. The Morgan fingerprint density at radius 1 is 1.28 bits per heavy atom. The average molecular weight is 519 g/mol. The number of aliphatic imine (C=N–C) groups is 1. The van der Waals surface area contributed by atoms with Crippen LogP contribution in [0.4, 0.5) is 0 Å². The van der Waals surface area contributed by atoms with E-state index in [9.17, 15) is 4.79 Å². The van der Waals surface area contributed by atoms with E-state index >= 15 is 0 Å². The highest BCUT2D eigenvalue weighted by atomic mass is 79.9. The van der Waals surface area contributed by atoms with Crippen LogP contribution in [0.1, 0.15) is 23.1 Å². The summed E-state index contributed by atoms with van der Waals surface area (Å²) < 4.78 is 11.8. The molecular weight excluding hydrogens is 494 g/mol. The van der Waals surface area contributed by atoms with E-state index in [0.717, 1.165) is 47.3 Å². The Kier molecular flexibility index (Phi) is 7.97. The van der Waals surface area contributed by atoms with Gasteiger partial charge in [-0.05, 0) is 72.9 Å². The first-order chi connectivity index (χ1) is 15.5. The number of ether oxygens (including phenoxy) is 2. The normalized spacial score (nSPS) is 18.2. The van der Waals surface area contributed by atoms with Crippen LogP contribution in [0.15, 0.2) is 45.9 Å². The van der Waals surface area contributed by atoms with E-state index in [-0.39, 0.29) is 19.1 Å². The summed E-state index contributed by atoms with van der Waals surface area (Å²) in [6.07, 6.45) is 5.28. The van der Waals surface area contributed by atoms with Crippen LogP contribution in [0.5, 0.6) is 5.75 Å². The molecule has 2 aromatic carbocycles. The molecule has 2 aromatic rings. The number of carbonyl (C=O) groups excluding carboxylic acids is 1. The lowest BCUT2D eigenvalue weighted by Crippen LogP contribution is -2.24. The zero-order valence-corrected chi connectivity index (χ0v) is 19.9. The van der Waals surface area contributed by atoms with Gasteiger partial charge in [-0.1, -0.05) is 51.8 Å². The first-order valence-corrected chi connectivity index (χ1v) is 11.8. The molecule has 4 rings (SSSR count). The summed E-state index contributed by atoms with van der Waals surface area (Å²) in [5.74, 6) is 1.34. The molecule has 0 saturated carbocycles. The molecule has 1 saturated heterocycles. The van der Waals surface area contributed by atoms with E-state index in [1.807, 2.05) is 42.5 Å². The third-order valence-corrected chi connectivity index (χ3v) is 6.23. The monoisotopic (exact) mass is 517 g/mol. The molecular formula is C24H25BrClN3O3. The van der Waals surface area contributed by atoms with Crippen LogP contribution in [0.3, 0.4) is 0 Å². The molecule has 0 aromatic heterocycles. The number of nitrogens with one attached hydrogen (secondary N) is 2. The van der Waals surface area contributed by atoms with Crippen LogP contribution in [0.25, 0.3) is 12.2 Å². The number of carbonyl (C=O) groups is 1. The minimum Gasteiger partial charge on any atom is -0.484 e. The maximum absolute atomic E-state index is 11.2. The SMILES string of the molecule is O=C1CN=C(COc2cc(/C=C/c3ccc(Cl)cc3Br)cc(CNCC3CCNC3)c2)O1. The zero-order chi connectivity index (χ0) is 22.3. The van der Waals surface area contributed by atoms with E-state index in [1.165, 1.54) is 6.42 Å². The summed E-state index contributed by atoms with van der Waals surface area (Å²) in [4.78, 5) is 15.3. The van der Waals surface area contributed by atoms with Crippen LogP contribution in [-0.4, -0.2) is 44.7 Å². The van der Waals surface area contributed by atoms with Crippen LogP contribution in [0, 0.1) is 5.92 Å². The molecule has 32 heavy (non-hydrogen) atoms. The molecule has 0 spiro atoms. The van der Waals surface area contributed by atoms with Gasteiger partial charge in [-0.25, -0.2) is 9.79 Å². The minimum atomic E-state index is -0.347. The van der Waals surface area contributed by atoms with E-state index < -0.39 is 0 Å². The largest absolute Gasteiger partial charge is 0.484 e. The van der Waals surface area contributed by atoms with Gasteiger partial charge in [0.05, 0.1) is 0 Å². The van der Waals surface area contributed by atoms with E-state index in [0.29, 0.717) is 22.6 Å². The van der Waals surface area contributed by atoms with Gasteiger partial charge in [0.1, 0.15) is 12.3 Å². The van der Waals surface area contributed by atoms with Gasteiger partial charge in [-0.15, -0.1) is 0 Å². The van der Waals surface area contributed by atoms with E-state index in [4.69, 9.17) is 21.1 Å². The van der Waals surface area contributed by atoms with Crippen molar-refractivity contribution in [2.75, 3.05) is 32.8 Å². The van der Waals surface area contributed by atoms with Gasteiger partial charge in [0.2, 0.25) is 5.90 Å². The molecule has 2 aliphatic heterocycles. The molecule has 2 N–H and O–H groups in total. The predicted octanol–water partition coefficient (Wildman–Crippen LogP) is 4.31. The maximum Gasteiger partial charge on any atom is 0.334 e. The number of esters is 1. The molecule has 0 radical (unpaired) electrons. The van der Waals surface area contributed by atoms with Gasteiger partial charge >= 0.3 is 5.97 Å². The maximum atomic E-state index is 11.2. The highest BCUT2D eigenvalue weighted by Crippen LogP contribution is 2.25. The molecule has 1 fully saturated rings. The Balaban J connectivity index is 1.47. The quantitative estimate of drug-likeness (QED) is 0.382. The molecule has 1 unspecified atom stereocenters. The second-order valence-corrected chi connectivity index (χ2v) is 9.16. The fourth-order valence-corrected chi connectivity index (χ4v) is 4.48. The molecule has 2 aliphatic rings. The van der Waals surface area contributed by atoms with Gasteiger partial charge in [-0.2, -0.15) is 0 Å². The van der Waals surface area contributed by atoms with Crippen molar-refractivity contribution in [2.24, 2.45) is 10.9 Å². The van der Waals surface area contributed by atoms with Crippen molar-refractivity contribution in [2.45, 2.75) is 13.0 Å². The van der Waals surface area contributed by atoms with Crippen LogP contribution in [-0.2, 0) is 16.1 Å². The predicted molar refractivity (Wildman–Crippen MR) is 131 cm³/mol. The lowest BCUT2D eigenvalue weighted by atomic mass is 10.1. The summed E-state index contributed by atoms with van der Waals surface area (Å²) in [6.45, 7) is 4.08. The number of rotatable bonds is 9. The smallest absolute Gasteiger partial charge is 0.334 e. The molecule has 0 amide bonds. The van der Waals surface area contributed by atoms with Gasteiger partial charge in [0.25, 0.3) is 0 Å². The second-order valence-electron chi connectivity index (χ2n) is 7.87. The number of halogens is 2. The van der Waals surface area contributed by atoms with Crippen molar-refractivity contribution in [3.63, 3.8) is 0 Å². The summed E-state index contributed by atoms with van der Waals surface area (Å²) in [7, 11) is 0. The van der Waals surface area contributed by atoms with E-state index in [2.05, 4.69) is 37.6 Å². The lowest BCUT2D eigenvalue weighted by Gasteiger charge is -2.13. The Hall–Kier alpha value is -2.19. The third-order valence-electron chi connectivity index (χ3n) is 5.31. The molecule has 0 aliphatic carbocycles. The summed E-state index contributed by atoms with van der Waals surface area (Å²) in [6, 6.07) is 11.8. The van der Waals surface area contributed by atoms with Gasteiger partial charge < -0.3 is 20.1 Å². The summed E-state index contributed by atoms with van der Waals surface area (Å²) in [5, 5.41) is 7.64. The zero-order valence-electron chi connectivity index (χ0n) is 17.6. The van der Waals surface area contributed by atoms with Crippen molar-refractivity contribution in [3.8, 4) is 5.75 Å². The molecule has 1 atom stereocenters. The summed E-state index contributed by atoms with van der Waals surface area (Å²) in [5.41, 5.74) is 3.16. The Bertz CT molecular complexity index is 1040.